The molecule has 3 aromatic rings. The van der Waals surface area contributed by atoms with E-state index in [9.17, 15) is 13.2 Å². The Morgan fingerprint density at radius 3 is 2.57 bits per heavy atom. The van der Waals surface area contributed by atoms with Crippen molar-refractivity contribution in [1.29, 1.82) is 0 Å². The minimum atomic E-state index is -4.04. The van der Waals surface area contributed by atoms with Crippen LogP contribution in [0.3, 0.4) is 0 Å². The molecular formula is C18H20N6O3S. The first-order valence-corrected chi connectivity index (χ1v) is 10.2. The largest absolute Gasteiger partial charge is 0.351 e. The lowest BCUT2D eigenvalue weighted by Crippen LogP contribution is -2.38. The summed E-state index contributed by atoms with van der Waals surface area (Å²) in [7, 11) is -4.04. The van der Waals surface area contributed by atoms with E-state index >= 15 is 0 Å². The number of nitrogens with one attached hydrogen (secondary N) is 1. The highest BCUT2D eigenvalue weighted by Gasteiger charge is 2.35. The predicted molar refractivity (Wildman–Crippen MR) is 102 cm³/mol. The van der Waals surface area contributed by atoms with Gasteiger partial charge < -0.3 is 5.32 Å². The van der Waals surface area contributed by atoms with Gasteiger partial charge in [-0.25, -0.2) is 13.4 Å². The molecule has 1 amide bonds. The van der Waals surface area contributed by atoms with Crippen LogP contribution in [0, 0.1) is 0 Å². The fourth-order valence-electron chi connectivity index (χ4n) is 2.62. The molecule has 0 aliphatic heterocycles. The van der Waals surface area contributed by atoms with E-state index in [0.717, 1.165) is 5.56 Å². The maximum Gasteiger partial charge on any atom is 0.250 e. The first-order chi connectivity index (χ1) is 13.4. The van der Waals surface area contributed by atoms with Gasteiger partial charge in [0.25, 0.3) is 5.16 Å². The van der Waals surface area contributed by atoms with Crippen LogP contribution in [0.4, 0.5) is 0 Å². The van der Waals surface area contributed by atoms with Crippen LogP contribution in [0.25, 0.3) is 11.5 Å². The van der Waals surface area contributed by atoms with Crippen molar-refractivity contribution in [3.63, 3.8) is 0 Å². The van der Waals surface area contributed by atoms with E-state index in [1.165, 1.54) is 30.1 Å². The minimum Gasteiger partial charge on any atom is -0.351 e. The second-order valence-corrected chi connectivity index (χ2v) is 8.19. The van der Waals surface area contributed by atoms with E-state index < -0.39 is 21.0 Å². The first kappa shape index (κ1) is 19.6. The monoisotopic (exact) mass is 400 g/mol. The van der Waals surface area contributed by atoms with Crippen LogP contribution >= 0.6 is 0 Å². The van der Waals surface area contributed by atoms with E-state index in [2.05, 4.69) is 25.5 Å². The molecule has 0 saturated heterocycles. The van der Waals surface area contributed by atoms with Crippen LogP contribution in [0.15, 0.2) is 54.1 Å². The van der Waals surface area contributed by atoms with Crippen molar-refractivity contribution in [3.05, 3.63) is 54.5 Å². The van der Waals surface area contributed by atoms with Gasteiger partial charge in [0.2, 0.25) is 15.7 Å². The Hall–Kier alpha value is -3.14. The number of aromatic nitrogens is 5. The Labute approximate surface area is 162 Å². The fraction of sp³-hybridized carbons (Fsp3) is 0.278. The molecule has 0 spiro atoms. The summed E-state index contributed by atoms with van der Waals surface area (Å²) in [6.07, 6.45) is 4.47. The van der Waals surface area contributed by atoms with Crippen molar-refractivity contribution in [2.24, 2.45) is 0 Å². The predicted octanol–water partition coefficient (Wildman–Crippen LogP) is 1.23. The average Bonchev–Trinajstić information content (AvgIpc) is 3.18. The summed E-state index contributed by atoms with van der Waals surface area (Å²) in [5, 5.41) is 8.86. The number of sulfone groups is 1. The second-order valence-electron chi connectivity index (χ2n) is 6.03. The highest BCUT2D eigenvalue weighted by Crippen LogP contribution is 2.21. The van der Waals surface area contributed by atoms with Gasteiger partial charge in [0.05, 0.1) is 6.20 Å². The molecule has 1 N–H and O–H groups in total. The van der Waals surface area contributed by atoms with E-state index in [0.29, 0.717) is 12.2 Å². The number of carbonyl (C=O) groups excluding carboxylic acids is 1. The van der Waals surface area contributed by atoms with Gasteiger partial charge in [0, 0.05) is 25.5 Å². The number of benzene rings is 1. The van der Waals surface area contributed by atoms with Crippen LogP contribution < -0.4 is 5.32 Å². The van der Waals surface area contributed by atoms with Crippen LogP contribution in [-0.4, -0.2) is 44.3 Å². The highest BCUT2D eigenvalue weighted by molar-refractivity contribution is 7.92. The third-order valence-electron chi connectivity index (χ3n) is 4.22. The highest BCUT2D eigenvalue weighted by atomic mass is 32.2. The number of hydrogen-bond donors (Lipinski definition) is 1. The van der Waals surface area contributed by atoms with Gasteiger partial charge in [-0.1, -0.05) is 30.3 Å². The van der Waals surface area contributed by atoms with Crippen molar-refractivity contribution in [1.82, 2.24) is 30.0 Å². The third kappa shape index (κ3) is 3.91. The molecule has 9 nitrogen and oxygen atoms in total. The smallest absolute Gasteiger partial charge is 0.250 e. The third-order valence-corrected chi connectivity index (χ3v) is 6.18. The lowest BCUT2D eigenvalue weighted by atomic mass is 10.2. The summed E-state index contributed by atoms with van der Waals surface area (Å²) >= 11 is 0. The maximum absolute atomic E-state index is 13.0. The summed E-state index contributed by atoms with van der Waals surface area (Å²) in [6.45, 7) is 3.64. The number of nitrogens with zero attached hydrogens (tertiary/aromatic N) is 5. The van der Waals surface area contributed by atoms with Crippen molar-refractivity contribution < 1.29 is 13.2 Å². The van der Waals surface area contributed by atoms with Crippen LogP contribution in [-0.2, 0) is 27.7 Å². The molecule has 28 heavy (non-hydrogen) atoms. The summed E-state index contributed by atoms with van der Waals surface area (Å²) in [5.74, 6) is -0.318. The van der Waals surface area contributed by atoms with Crippen molar-refractivity contribution >= 4 is 15.7 Å². The summed E-state index contributed by atoms with van der Waals surface area (Å²) < 4.78 is 27.4. The second kappa shape index (κ2) is 8.26. The zero-order valence-corrected chi connectivity index (χ0v) is 16.3. The van der Waals surface area contributed by atoms with Gasteiger partial charge in [-0.05, 0) is 19.4 Å². The molecule has 2 heterocycles. The van der Waals surface area contributed by atoms with Crippen LogP contribution in [0.1, 0.15) is 19.4 Å². The quantitative estimate of drug-likeness (QED) is 0.633. The Kier molecular flexibility index (Phi) is 5.78. The molecule has 146 valence electrons. The molecule has 3 rings (SSSR count). The van der Waals surface area contributed by atoms with Gasteiger partial charge >= 0.3 is 0 Å². The molecule has 2 aromatic heterocycles. The van der Waals surface area contributed by atoms with E-state index in [-0.39, 0.29) is 17.5 Å². The van der Waals surface area contributed by atoms with Gasteiger partial charge in [-0.2, -0.15) is 0 Å². The molecule has 0 saturated carbocycles. The topological polar surface area (TPSA) is 120 Å². The molecule has 1 unspecified atom stereocenters. The van der Waals surface area contributed by atoms with Crippen LogP contribution in [0.2, 0.25) is 0 Å². The molecule has 0 bridgehead atoms. The number of amides is 1. The van der Waals surface area contributed by atoms with Crippen molar-refractivity contribution in [3.8, 4) is 11.5 Å². The fourth-order valence-corrected chi connectivity index (χ4v) is 3.97. The Morgan fingerprint density at radius 1 is 1.18 bits per heavy atom. The first-order valence-electron chi connectivity index (χ1n) is 8.70. The Balaban J connectivity index is 1.84. The summed E-state index contributed by atoms with van der Waals surface area (Å²) in [5.41, 5.74) is 1.28. The van der Waals surface area contributed by atoms with Gasteiger partial charge in [0.1, 0.15) is 10.9 Å². The number of hydrogen-bond acceptors (Lipinski definition) is 7. The number of carbonyl (C=O) groups is 1. The lowest BCUT2D eigenvalue weighted by Gasteiger charge is -2.14. The standard InChI is InChI=1S/C18H20N6O3S/c1-3-24-16(15-12-19-9-10-20-15)22-23-18(24)28(26,27)13(2)17(25)21-11-14-7-5-4-6-8-14/h4-10,12-13H,3,11H2,1-2H3,(H,21,25). The maximum atomic E-state index is 13.0. The summed E-state index contributed by atoms with van der Waals surface area (Å²) in [6, 6.07) is 9.25. The minimum absolute atomic E-state index is 0.241. The van der Waals surface area contributed by atoms with Gasteiger partial charge in [-0.3, -0.25) is 14.3 Å². The van der Waals surface area contributed by atoms with E-state index in [1.54, 1.807) is 6.92 Å². The Bertz CT molecular complexity index is 1050. The molecule has 0 aliphatic rings. The van der Waals surface area contributed by atoms with E-state index in [1.807, 2.05) is 30.3 Å². The zero-order valence-electron chi connectivity index (χ0n) is 15.5. The molecule has 0 aliphatic carbocycles. The lowest BCUT2D eigenvalue weighted by molar-refractivity contribution is -0.120. The molecule has 1 aromatic carbocycles. The molecule has 0 fully saturated rings. The molecule has 1 atom stereocenters. The zero-order chi connectivity index (χ0) is 20.1. The summed E-state index contributed by atoms with van der Waals surface area (Å²) in [4.78, 5) is 20.5. The normalized spacial score (nSPS) is 12.5. The van der Waals surface area contributed by atoms with Gasteiger partial charge in [-0.15, -0.1) is 10.2 Å². The Morgan fingerprint density at radius 2 is 1.93 bits per heavy atom. The SMILES string of the molecule is CCn1c(-c2cnccn2)nnc1S(=O)(=O)C(C)C(=O)NCc1ccccc1. The van der Waals surface area contributed by atoms with Crippen molar-refractivity contribution in [2.45, 2.75) is 37.3 Å². The molecular weight excluding hydrogens is 380 g/mol. The average molecular weight is 400 g/mol. The van der Waals surface area contributed by atoms with E-state index in [4.69, 9.17) is 0 Å². The number of rotatable bonds is 7. The van der Waals surface area contributed by atoms with Gasteiger partial charge in [0.15, 0.2) is 5.82 Å². The van der Waals surface area contributed by atoms with Crippen LogP contribution in [0.5, 0.6) is 0 Å². The molecule has 0 radical (unpaired) electrons. The molecule has 10 heteroatoms. The van der Waals surface area contributed by atoms with Crippen molar-refractivity contribution in [2.75, 3.05) is 0 Å².